The Morgan fingerprint density at radius 2 is 1.14 bits per heavy atom. The van der Waals surface area contributed by atoms with Gasteiger partial charge < -0.3 is 40.0 Å². The van der Waals surface area contributed by atoms with Crippen molar-refractivity contribution in [3.05, 3.63) is 0 Å². The lowest BCUT2D eigenvalue weighted by Crippen LogP contribution is -2.49. The summed E-state index contributed by atoms with van der Waals surface area (Å²) in [5.74, 6) is -0.640. The van der Waals surface area contributed by atoms with Gasteiger partial charge in [-0.3, -0.25) is 19.2 Å². The van der Waals surface area contributed by atoms with Crippen LogP contribution in [0.5, 0.6) is 0 Å². The number of carbonyl (C=O) groups excluding carboxylic acids is 3. The summed E-state index contributed by atoms with van der Waals surface area (Å²) in [5.41, 5.74) is 0.0384. The van der Waals surface area contributed by atoms with E-state index >= 15 is 0 Å². The van der Waals surface area contributed by atoms with Crippen molar-refractivity contribution in [2.45, 2.75) is 80.7 Å². The monoisotopic (exact) mass is 637 g/mol. The second-order valence-corrected chi connectivity index (χ2v) is 12.9. The standard InChI is InChI=1S/C28H53N3O9S.C2H6/c1-27(2,3)19-24(33)29-9-11-37-13-15-39-17-18-40-16-14-38-12-10-30-26(36)22(20-41-21-28(4,5)6)31-23(32)7-8-25(34)35;1-2/h22H,7-21H2,1-6H3,(H,29,33)(H,30,36)(H,31,32)(H,34,35);1-2H3/t22-;/m0./s1. The normalized spacial score (nSPS) is 12.1. The molecule has 0 spiro atoms. The van der Waals surface area contributed by atoms with Crippen LogP contribution >= 0.6 is 11.8 Å². The molecule has 0 heterocycles. The Bertz CT molecular complexity index is 756. The van der Waals surface area contributed by atoms with Gasteiger partial charge in [0.05, 0.1) is 59.3 Å². The van der Waals surface area contributed by atoms with E-state index in [1.165, 1.54) is 0 Å². The number of nitrogens with one attached hydrogen (secondary N) is 3. The van der Waals surface area contributed by atoms with Crippen molar-refractivity contribution in [3.8, 4) is 0 Å². The summed E-state index contributed by atoms with van der Waals surface area (Å²) >= 11 is 1.56. The highest BCUT2D eigenvalue weighted by Gasteiger charge is 2.22. The van der Waals surface area contributed by atoms with Crippen LogP contribution in [-0.4, -0.2) is 112 Å². The van der Waals surface area contributed by atoms with Gasteiger partial charge in [0.15, 0.2) is 0 Å². The largest absolute Gasteiger partial charge is 0.481 e. The highest BCUT2D eigenvalue weighted by atomic mass is 32.2. The van der Waals surface area contributed by atoms with Gasteiger partial charge in [-0.15, -0.1) is 0 Å². The Labute approximate surface area is 263 Å². The molecule has 13 heteroatoms. The van der Waals surface area contributed by atoms with E-state index in [2.05, 4.69) is 36.7 Å². The van der Waals surface area contributed by atoms with Crippen molar-refractivity contribution < 1.29 is 43.2 Å². The molecular weight excluding hydrogens is 578 g/mol. The zero-order chi connectivity index (χ0) is 33.2. The molecule has 254 valence electrons. The maximum Gasteiger partial charge on any atom is 0.303 e. The van der Waals surface area contributed by atoms with Crippen molar-refractivity contribution >= 4 is 35.5 Å². The van der Waals surface area contributed by atoms with Crippen LogP contribution in [0.15, 0.2) is 0 Å². The van der Waals surface area contributed by atoms with Crippen molar-refractivity contribution in [3.63, 3.8) is 0 Å². The minimum Gasteiger partial charge on any atom is -0.481 e. The van der Waals surface area contributed by atoms with Gasteiger partial charge >= 0.3 is 5.97 Å². The van der Waals surface area contributed by atoms with Crippen molar-refractivity contribution in [1.29, 1.82) is 0 Å². The first-order chi connectivity index (χ1) is 20.2. The van der Waals surface area contributed by atoms with Crippen molar-refractivity contribution in [2.75, 3.05) is 77.5 Å². The van der Waals surface area contributed by atoms with Gasteiger partial charge in [-0.25, -0.2) is 0 Å². The molecular formula is C30H59N3O9S. The summed E-state index contributed by atoms with van der Waals surface area (Å²) in [6.07, 6.45) is 0.0188. The third kappa shape index (κ3) is 32.8. The molecule has 0 saturated heterocycles. The van der Waals surface area contributed by atoms with Crippen molar-refractivity contribution in [2.24, 2.45) is 10.8 Å². The van der Waals surface area contributed by atoms with E-state index in [1.807, 2.05) is 34.6 Å². The van der Waals surface area contributed by atoms with Crippen LogP contribution in [0.3, 0.4) is 0 Å². The molecule has 0 aliphatic rings. The second kappa shape index (κ2) is 26.5. The average Bonchev–Trinajstić information content (AvgIpc) is 2.90. The summed E-state index contributed by atoms with van der Waals surface area (Å²) in [4.78, 5) is 47.1. The number of hydrogen-bond acceptors (Lipinski definition) is 9. The lowest BCUT2D eigenvalue weighted by molar-refractivity contribution is -0.139. The Hall–Kier alpha value is -1.93. The van der Waals surface area contributed by atoms with Crippen LogP contribution in [0.4, 0.5) is 0 Å². The number of rotatable bonds is 24. The predicted octanol–water partition coefficient (Wildman–Crippen LogP) is 2.88. The molecule has 0 bridgehead atoms. The van der Waals surface area contributed by atoms with Gasteiger partial charge in [0.2, 0.25) is 17.7 Å². The first-order valence-corrected chi connectivity index (χ1v) is 16.3. The third-order valence-electron chi connectivity index (χ3n) is 4.96. The summed E-state index contributed by atoms with van der Waals surface area (Å²) in [7, 11) is 0. The average molecular weight is 638 g/mol. The number of thioether (sulfide) groups is 1. The minimum absolute atomic E-state index is 0.0230. The first-order valence-electron chi connectivity index (χ1n) is 15.1. The fourth-order valence-corrected chi connectivity index (χ4v) is 4.29. The SMILES string of the molecule is CC.CC(C)(C)CSC[C@H](NC(=O)CCC(=O)O)C(=O)NCCOCCOCCOCCOCCNC(=O)CC(C)(C)C. The zero-order valence-corrected chi connectivity index (χ0v) is 28.6. The van der Waals surface area contributed by atoms with Crippen LogP contribution in [0.2, 0.25) is 0 Å². The molecule has 1 atom stereocenters. The van der Waals surface area contributed by atoms with E-state index in [9.17, 15) is 19.2 Å². The van der Waals surface area contributed by atoms with Crippen LogP contribution in [-0.2, 0) is 38.1 Å². The van der Waals surface area contributed by atoms with Crippen molar-refractivity contribution in [1.82, 2.24) is 16.0 Å². The summed E-state index contributed by atoms with van der Waals surface area (Å²) in [5, 5.41) is 17.0. The van der Waals surface area contributed by atoms with Gasteiger partial charge in [0.25, 0.3) is 0 Å². The molecule has 0 aromatic rings. The molecule has 0 aliphatic heterocycles. The number of carboxylic acid groups (broad SMARTS) is 1. The fraction of sp³-hybridized carbons (Fsp3) is 0.867. The number of hydrogen-bond donors (Lipinski definition) is 4. The van der Waals surface area contributed by atoms with Crippen LogP contribution in [0.25, 0.3) is 0 Å². The quantitative estimate of drug-likeness (QED) is 0.116. The second-order valence-electron chi connectivity index (χ2n) is 11.9. The lowest BCUT2D eigenvalue weighted by atomic mass is 9.92. The summed E-state index contributed by atoms with van der Waals surface area (Å²) < 4.78 is 21.8. The Morgan fingerprint density at radius 1 is 0.674 bits per heavy atom. The van der Waals surface area contributed by atoms with Gasteiger partial charge in [-0.05, 0) is 16.6 Å². The molecule has 0 aromatic heterocycles. The van der Waals surface area contributed by atoms with E-state index in [4.69, 9.17) is 24.1 Å². The zero-order valence-electron chi connectivity index (χ0n) is 27.8. The molecule has 0 saturated carbocycles. The molecule has 0 unspecified atom stereocenters. The van der Waals surface area contributed by atoms with Gasteiger partial charge in [0, 0.05) is 31.7 Å². The summed E-state index contributed by atoms with van der Waals surface area (Å²) in [6, 6.07) is -0.753. The fourth-order valence-electron chi connectivity index (χ4n) is 3.09. The van der Waals surface area contributed by atoms with E-state index in [0.29, 0.717) is 65.0 Å². The molecule has 4 N–H and O–H groups in total. The number of amides is 3. The molecule has 0 aromatic carbocycles. The molecule has 3 amide bonds. The molecule has 0 aliphatic carbocycles. The maximum absolute atomic E-state index is 12.6. The third-order valence-corrected chi connectivity index (χ3v) is 6.60. The molecule has 0 radical (unpaired) electrons. The highest BCUT2D eigenvalue weighted by Crippen LogP contribution is 2.21. The van der Waals surface area contributed by atoms with Crippen LogP contribution < -0.4 is 16.0 Å². The van der Waals surface area contributed by atoms with Gasteiger partial charge in [0.1, 0.15) is 6.04 Å². The minimum atomic E-state index is -1.06. The number of aliphatic carboxylic acids is 1. The number of ether oxygens (including phenoxy) is 4. The van der Waals surface area contributed by atoms with Gasteiger partial charge in [-0.2, -0.15) is 11.8 Å². The topological polar surface area (TPSA) is 162 Å². The highest BCUT2D eigenvalue weighted by molar-refractivity contribution is 7.99. The number of carboxylic acids is 1. The first kappa shape index (κ1) is 43.2. The molecule has 0 fully saturated rings. The Balaban J connectivity index is 0. The van der Waals surface area contributed by atoms with E-state index in [0.717, 1.165) is 5.75 Å². The molecule has 43 heavy (non-hydrogen) atoms. The Morgan fingerprint density at radius 3 is 1.58 bits per heavy atom. The van der Waals surface area contributed by atoms with Crippen LogP contribution in [0.1, 0.15) is 74.7 Å². The molecule has 0 rings (SSSR count). The lowest BCUT2D eigenvalue weighted by Gasteiger charge is -2.21. The van der Waals surface area contributed by atoms with E-state index < -0.39 is 17.9 Å². The van der Waals surface area contributed by atoms with E-state index in [-0.39, 0.29) is 48.6 Å². The van der Waals surface area contributed by atoms with E-state index in [1.54, 1.807) is 11.8 Å². The maximum atomic E-state index is 12.6. The number of carbonyl (C=O) groups is 4. The summed E-state index contributed by atoms with van der Waals surface area (Å²) in [6.45, 7) is 20.2. The van der Waals surface area contributed by atoms with Gasteiger partial charge in [-0.1, -0.05) is 55.4 Å². The molecule has 12 nitrogen and oxygen atoms in total. The predicted molar refractivity (Wildman–Crippen MR) is 170 cm³/mol. The smallest absolute Gasteiger partial charge is 0.303 e. The Kier molecular flexibility index (Phi) is 26.6. The van der Waals surface area contributed by atoms with Crippen LogP contribution in [0, 0.1) is 10.8 Å².